The van der Waals surface area contributed by atoms with Crippen molar-refractivity contribution in [1.29, 1.82) is 10.5 Å². The molecule has 186 valence electrons. The number of aryl methyl sites for hydroxylation is 5. The number of hydrogen-bond acceptors (Lipinski definition) is 5. The number of rotatable bonds is 5. The number of anilines is 3. The van der Waals surface area contributed by atoms with Crippen LogP contribution in [0.2, 0.25) is 0 Å². The second-order valence-electron chi connectivity index (χ2n) is 9.72. The smallest absolute Gasteiger partial charge is 0.129 e. The van der Waals surface area contributed by atoms with Crippen LogP contribution in [-0.2, 0) is 0 Å². The van der Waals surface area contributed by atoms with E-state index in [1.165, 1.54) is 58.7 Å². The van der Waals surface area contributed by atoms with Crippen molar-refractivity contribution in [1.82, 2.24) is 0 Å². The zero-order chi connectivity index (χ0) is 27.0. The van der Waals surface area contributed by atoms with Crippen molar-refractivity contribution >= 4 is 65.3 Å². The topological polar surface area (TPSA) is 50.8 Å². The predicted molar refractivity (Wildman–Crippen MR) is 164 cm³/mol. The Labute approximate surface area is 231 Å². The molecule has 0 aliphatic carbocycles. The van der Waals surface area contributed by atoms with Crippen molar-refractivity contribution in [3.05, 3.63) is 105 Å². The Morgan fingerprint density at radius 1 is 0.737 bits per heavy atom. The highest BCUT2D eigenvalue weighted by atomic mass is 32.1. The summed E-state index contributed by atoms with van der Waals surface area (Å²) >= 11 is 3.53. The van der Waals surface area contributed by atoms with Crippen molar-refractivity contribution in [2.75, 3.05) is 4.90 Å². The maximum absolute atomic E-state index is 8.93. The summed E-state index contributed by atoms with van der Waals surface area (Å²) in [6.45, 7) is 10.9. The van der Waals surface area contributed by atoms with E-state index in [1.807, 2.05) is 18.2 Å². The van der Waals surface area contributed by atoms with Gasteiger partial charge < -0.3 is 4.90 Å². The number of nitrogens with zero attached hydrogens (tertiary/aromatic N) is 3. The Morgan fingerprint density at radius 3 is 2.05 bits per heavy atom. The van der Waals surface area contributed by atoms with Gasteiger partial charge in [-0.2, -0.15) is 10.5 Å². The minimum Gasteiger partial charge on any atom is -0.310 e. The Balaban J connectivity index is 1.62. The molecular weight excluding hydrogens is 503 g/mol. The Morgan fingerprint density at radius 2 is 1.39 bits per heavy atom. The quantitative estimate of drug-likeness (QED) is 0.168. The Bertz CT molecular complexity index is 1790. The van der Waals surface area contributed by atoms with Crippen LogP contribution in [0.3, 0.4) is 0 Å². The van der Waals surface area contributed by atoms with Crippen LogP contribution in [0.15, 0.2) is 72.3 Å². The van der Waals surface area contributed by atoms with Crippen molar-refractivity contribution in [3.63, 3.8) is 0 Å². The van der Waals surface area contributed by atoms with E-state index in [-0.39, 0.29) is 5.57 Å². The van der Waals surface area contributed by atoms with Gasteiger partial charge in [0.25, 0.3) is 0 Å². The summed E-state index contributed by atoms with van der Waals surface area (Å²) in [5.41, 5.74) is 9.94. The lowest BCUT2D eigenvalue weighted by atomic mass is 10.0. The summed E-state index contributed by atoms with van der Waals surface area (Å²) in [5.74, 6) is 0. The van der Waals surface area contributed by atoms with Gasteiger partial charge in [0.2, 0.25) is 0 Å². The fraction of sp³-hybridized carbons (Fsp3) is 0.152. The molecule has 5 heteroatoms. The lowest BCUT2D eigenvalue weighted by Crippen LogP contribution is -2.13. The summed E-state index contributed by atoms with van der Waals surface area (Å²) < 4.78 is 3.76. The lowest BCUT2D eigenvalue weighted by Gasteiger charge is -2.29. The number of nitriles is 2. The molecule has 0 saturated carbocycles. The predicted octanol–water partition coefficient (Wildman–Crippen LogP) is 10.1. The molecule has 2 heterocycles. The molecule has 5 rings (SSSR count). The lowest BCUT2D eigenvalue weighted by molar-refractivity contribution is 1.19. The van der Waals surface area contributed by atoms with Gasteiger partial charge in [0.15, 0.2) is 0 Å². The molecule has 0 aliphatic heterocycles. The number of hydrogen-bond donors (Lipinski definition) is 0. The van der Waals surface area contributed by atoms with Gasteiger partial charge in [-0.15, -0.1) is 22.7 Å². The molecule has 0 spiro atoms. The minimum absolute atomic E-state index is 0.102. The first kappa shape index (κ1) is 25.5. The third-order valence-corrected chi connectivity index (χ3v) is 8.86. The van der Waals surface area contributed by atoms with Gasteiger partial charge in [0, 0.05) is 31.0 Å². The van der Waals surface area contributed by atoms with E-state index in [0.29, 0.717) is 0 Å². The van der Waals surface area contributed by atoms with Crippen LogP contribution < -0.4 is 4.90 Å². The molecule has 38 heavy (non-hydrogen) atoms. The van der Waals surface area contributed by atoms with E-state index in [4.69, 9.17) is 10.5 Å². The van der Waals surface area contributed by atoms with Crippen molar-refractivity contribution < 1.29 is 0 Å². The molecule has 0 aliphatic rings. The molecule has 5 aromatic rings. The van der Waals surface area contributed by atoms with Gasteiger partial charge in [-0.05, 0) is 99.4 Å². The molecule has 2 aromatic heterocycles. The van der Waals surface area contributed by atoms with Gasteiger partial charge in [0.05, 0.1) is 10.4 Å². The highest BCUT2D eigenvalue weighted by Crippen LogP contribution is 2.45. The van der Waals surface area contributed by atoms with Crippen LogP contribution >= 0.6 is 22.7 Å². The first-order valence-corrected chi connectivity index (χ1v) is 14.0. The van der Waals surface area contributed by atoms with E-state index in [1.54, 1.807) is 34.8 Å². The highest BCUT2D eigenvalue weighted by Gasteiger charge is 2.19. The first-order valence-electron chi connectivity index (χ1n) is 12.4. The summed E-state index contributed by atoms with van der Waals surface area (Å²) in [6.07, 6.45) is 5.28. The van der Waals surface area contributed by atoms with Gasteiger partial charge in [0.1, 0.15) is 17.7 Å². The molecule has 0 atom stereocenters. The van der Waals surface area contributed by atoms with Gasteiger partial charge in [-0.3, -0.25) is 0 Å². The van der Waals surface area contributed by atoms with Crippen LogP contribution in [0, 0.1) is 57.3 Å². The zero-order valence-corrected chi connectivity index (χ0v) is 23.7. The van der Waals surface area contributed by atoms with Gasteiger partial charge in [-0.1, -0.05) is 35.9 Å². The second-order valence-corrected chi connectivity index (χ2v) is 11.9. The maximum Gasteiger partial charge on any atom is 0.129 e. The van der Waals surface area contributed by atoms with Crippen LogP contribution in [0.25, 0.3) is 25.6 Å². The molecule has 0 unspecified atom stereocenters. The Hall–Kier alpha value is -4.16. The van der Waals surface area contributed by atoms with Crippen LogP contribution in [0.4, 0.5) is 17.1 Å². The van der Waals surface area contributed by atoms with Crippen molar-refractivity contribution in [2.24, 2.45) is 0 Å². The van der Waals surface area contributed by atoms with Crippen LogP contribution in [-0.4, -0.2) is 0 Å². The number of benzene rings is 3. The number of fused-ring (bicyclic) bond motifs is 3. The van der Waals surface area contributed by atoms with Gasteiger partial charge >= 0.3 is 0 Å². The minimum atomic E-state index is 0.102. The van der Waals surface area contributed by atoms with E-state index in [9.17, 15) is 0 Å². The molecule has 3 aromatic carbocycles. The van der Waals surface area contributed by atoms with E-state index in [2.05, 4.69) is 94.1 Å². The largest absolute Gasteiger partial charge is 0.310 e. The molecule has 0 radical (unpaired) electrons. The van der Waals surface area contributed by atoms with Crippen molar-refractivity contribution in [2.45, 2.75) is 34.6 Å². The van der Waals surface area contributed by atoms with E-state index >= 15 is 0 Å². The molecule has 0 fully saturated rings. The van der Waals surface area contributed by atoms with Crippen LogP contribution in [0.5, 0.6) is 0 Å². The standard InChI is InChI=1S/C33H27N3S2/c1-20-11-21(2)15-27(14-20)36(32-23(4)12-22(3)13-24(32)5)26-9-10-29-30(16-26)38-31-17-28(37-33(29)31)8-6-7-25(18-34)19-35/h6-17H,1-5H3/b8-6+. The Kier molecular flexibility index (Phi) is 6.91. The van der Waals surface area contributed by atoms with Crippen LogP contribution in [0.1, 0.15) is 32.7 Å². The van der Waals surface area contributed by atoms with Gasteiger partial charge in [-0.25, -0.2) is 0 Å². The number of thiophene rings is 2. The fourth-order valence-corrected chi connectivity index (χ4v) is 7.61. The summed E-state index contributed by atoms with van der Waals surface area (Å²) in [5, 5.41) is 19.1. The second kappa shape index (κ2) is 10.3. The maximum atomic E-state index is 8.93. The third kappa shape index (κ3) is 4.87. The molecule has 0 saturated heterocycles. The van der Waals surface area contributed by atoms with E-state index < -0.39 is 0 Å². The summed E-state index contributed by atoms with van der Waals surface area (Å²) in [6, 6.07) is 24.0. The zero-order valence-electron chi connectivity index (χ0n) is 22.1. The summed E-state index contributed by atoms with van der Waals surface area (Å²) in [7, 11) is 0. The monoisotopic (exact) mass is 529 g/mol. The fourth-order valence-electron chi connectivity index (χ4n) is 5.13. The molecule has 0 amide bonds. The first-order chi connectivity index (χ1) is 18.3. The summed E-state index contributed by atoms with van der Waals surface area (Å²) in [4.78, 5) is 3.51. The molecule has 0 bridgehead atoms. The average Bonchev–Trinajstić information content (AvgIpc) is 3.40. The van der Waals surface area contributed by atoms with E-state index in [0.717, 1.165) is 10.6 Å². The number of allylic oxidation sites excluding steroid dienone is 3. The third-order valence-electron chi connectivity index (χ3n) is 6.49. The van der Waals surface area contributed by atoms with Crippen molar-refractivity contribution in [3.8, 4) is 12.1 Å². The molecule has 0 N–H and O–H groups in total. The highest BCUT2D eigenvalue weighted by molar-refractivity contribution is 7.33. The molecule has 3 nitrogen and oxygen atoms in total. The average molecular weight is 530 g/mol. The SMILES string of the molecule is Cc1cc(C)cc(N(c2ccc3c(c2)sc2cc(/C=C/C=C(C#N)C#N)sc23)c2c(C)cc(C)cc2C)c1. The molecular formula is C33H27N3S2. The normalized spacial score (nSPS) is 11.1.